The van der Waals surface area contributed by atoms with Gasteiger partial charge in [-0.05, 0) is 43.5 Å². The summed E-state index contributed by atoms with van der Waals surface area (Å²) in [6.07, 6.45) is 4.42. The van der Waals surface area contributed by atoms with Crippen LogP contribution in [0.4, 0.5) is 5.69 Å². The van der Waals surface area contributed by atoms with Crippen molar-refractivity contribution in [1.82, 2.24) is 4.90 Å². The Labute approximate surface area is 154 Å². The van der Waals surface area contributed by atoms with Gasteiger partial charge in [-0.25, -0.2) is 0 Å². The van der Waals surface area contributed by atoms with Crippen molar-refractivity contribution in [1.29, 1.82) is 0 Å². The number of likely N-dealkylation sites (tertiary alicyclic amines) is 1. The highest BCUT2D eigenvalue weighted by molar-refractivity contribution is 5.94. The van der Waals surface area contributed by atoms with Gasteiger partial charge in [-0.15, -0.1) is 0 Å². The van der Waals surface area contributed by atoms with E-state index in [4.69, 9.17) is 0 Å². The number of piperidine rings is 1. The molecule has 1 amide bonds. The molecule has 1 saturated carbocycles. The Bertz CT molecular complexity index is 749. The van der Waals surface area contributed by atoms with E-state index in [0.717, 1.165) is 37.8 Å². The fourth-order valence-corrected chi connectivity index (χ4v) is 4.59. The first-order chi connectivity index (χ1) is 12.7. The summed E-state index contributed by atoms with van der Waals surface area (Å²) in [6, 6.07) is 19.3. The number of nitrogens with zero attached hydrogens (tertiary/aromatic N) is 1. The molecular weight excluding hydrogens is 324 g/mol. The first-order valence-electron chi connectivity index (χ1n) is 9.58. The van der Waals surface area contributed by atoms with E-state index in [2.05, 4.69) is 5.32 Å². The Hall–Kier alpha value is -2.33. The molecule has 0 radical (unpaired) electrons. The molecule has 1 aliphatic carbocycles. The maximum absolute atomic E-state index is 13.1. The first kappa shape index (κ1) is 17.1. The van der Waals surface area contributed by atoms with Gasteiger partial charge in [-0.2, -0.15) is 0 Å². The normalized spacial score (nSPS) is 28.3. The molecule has 2 fully saturated rings. The molecule has 1 heterocycles. The van der Waals surface area contributed by atoms with E-state index in [0.29, 0.717) is 12.1 Å². The number of amides is 1. The second-order valence-electron chi connectivity index (χ2n) is 7.47. The predicted molar refractivity (Wildman–Crippen MR) is 103 cm³/mol. The molecule has 1 unspecified atom stereocenters. The quantitative estimate of drug-likeness (QED) is 0.888. The molecule has 1 saturated heterocycles. The van der Waals surface area contributed by atoms with Crippen LogP contribution >= 0.6 is 0 Å². The summed E-state index contributed by atoms with van der Waals surface area (Å²) in [6.45, 7) is 0.672. The fourth-order valence-electron chi connectivity index (χ4n) is 4.59. The molecule has 4 rings (SSSR count). The summed E-state index contributed by atoms with van der Waals surface area (Å²) < 4.78 is 0. The summed E-state index contributed by atoms with van der Waals surface area (Å²) in [5.41, 5.74) is 0.851. The molecule has 136 valence electrons. The van der Waals surface area contributed by atoms with Crippen LogP contribution in [0, 0.1) is 0 Å². The van der Waals surface area contributed by atoms with Crippen LogP contribution in [0.15, 0.2) is 60.7 Å². The summed E-state index contributed by atoms with van der Waals surface area (Å²) in [4.78, 5) is 15.0. The molecule has 1 aliphatic heterocycles. The summed E-state index contributed by atoms with van der Waals surface area (Å²) in [5, 5.41) is 15.2. The number of anilines is 1. The van der Waals surface area contributed by atoms with Crippen molar-refractivity contribution >= 4 is 11.6 Å². The lowest BCUT2D eigenvalue weighted by molar-refractivity contribution is -0.0994. The van der Waals surface area contributed by atoms with Crippen molar-refractivity contribution in [3.05, 3.63) is 66.2 Å². The van der Waals surface area contributed by atoms with Crippen LogP contribution in [0.25, 0.3) is 0 Å². The maximum Gasteiger partial charge on any atom is 0.254 e. The second kappa shape index (κ2) is 7.12. The van der Waals surface area contributed by atoms with Crippen molar-refractivity contribution in [2.24, 2.45) is 0 Å². The van der Waals surface area contributed by atoms with Crippen LogP contribution in [0.1, 0.15) is 42.5 Å². The van der Waals surface area contributed by atoms with Crippen LogP contribution in [0.3, 0.4) is 0 Å². The van der Waals surface area contributed by atoms with Gasteiger partial charge in [0.15, 0.2) is 0 Å². The zero-order valence-corrected chi connectivity index (χ0v) is 15.0. The lowest BCUT2D eigenvalue weighted by Crippen LogP contribution is -2.67. The SMILES string of the molecule is O=C(c1ccccc1)N1CCC(Nc2ccccc2)[C@]2(O)CCCC[C@H]12. The first-order valence-corrected chi connectivity index (χ1v) is 9.58. The van der Waals surface area contributed by atoms with Crippen LogP contribution in [0.2, 0.25) is 0 Å². The lowest BCUT2D eigenvalue weighted by Gasteiger charge is -2.54. The monoisotopic (exact) mass is 350 g/mol. The van der Waals surface area contributed by atoms with Gasteiger partial charge in [0.1, 0.15) is 5.60 Å². The molecule has 3 atom stereocenters. The molecule has 2 aromatic rings. The van der Waals surface area contributed by atoms with Crippen molar-refractivity contribution < 1.29 is 9.90 Å². The topological polar surface area (TPSA) is 52.6 Å². The van der Waals surface area contributed by atoms with Crippen LogP contribution < -0.4 is 5.32 Å². The van der Waals surface area contributed by atoms with Crippen molar-refractivity contribution in [3.8, 4) is 0 Å². The number of carbonyl (C=O) groups is 1. The van der Waals surface area contributed by atoms with E-state index in [1.54, 1.807) is 0 Å². The Morgan fingerprint density at radius 2 is 1.69 bits per heavy atom. The maximum atomic E-state index is 13.1. The van der Waals surface area contributed by atoms with Gasteiger partial charge in [-0.3, -0.25) is 4.79 Å². The molecule has 0 bridgehead atoms. The molecule has 4 heteroatoms. The minimum atomic E-state index is -0.878. The summed E-state index contributed by atoms with van der Waals surface area (Å²) >= 11 is 0. The molecule has 2 aromatic carbocycles. The molecule has 0 aromatic heterocycles. The number of para-hydroxylation sites is 1. The van der Waals surface area contributed by atoms with E-state index in [1.165, 1.54) is 0 Å². The highest BCUT2D eigenvalue weighted by Gasteiger charge is 2.52. The zero-order valence-electron chi connectivity index (χ0n) is 15.0. The summed E-state index contributed by atoms with van der Waals surface area (Å²) in [7, 11) is 0. The van der Waals surface area contributed by atoms with E-state index in [9.17, 15) is 9.90 Å². The van der Waals surface area contributed by atoms with Gasteiger partial charge in [0, 0.05) is 17.8 Å². The average molecular weight is 350 g/mol. The molecular formula is C22H26N2O2. The van der Waals surface area contributed by atoms with Gasteiger partial charge in [-0.1, -0.05) is 49.2 Å². The minimum Gasteiger partial charge on any atom is -0.386 e. The second-order valence-corrected chi connectivity index (χ2v) is 7.47. The van der Waals surface area contributed by atoms with E-state index in [-0.39, 0.29) is 18.0 Å². The van der Waals surface area contributed by atoms with Crippen LogP contribution in [-0.4, -0.2) is 40.1 Å². The van der Waals surface area contributed by atoms with Gasteiger partial charge < -0.3 is 15.3 Å². The number of hydrogen-bond donors (Lipinski definition) is 2. The third-order valence-electron chi connectivity index (χ3n) is 5.92. The van der Waals surface area contributed by atoms with Gasteiger partial charge in [0.2, 0.25) is 0 Å². The van der Waals surface area contributed by atoms with Gasteiger partial charge >= 0.3 is 0 Å². The van der Waals surface area contributed by atoms with Crippen molar-refractivity contribution in [3.63, 3.8) is 0 Å². The van der Waals surface area contributed by atoms with Crippen LogP contribution in [0.5, 0.6) is 0 Å². The number of benzene rings is 2. The number of hydrogen-bond acceptors (Lipinski definition) is 3. The number of aliphatic hydroxyl groups is 1. The predicted octanol–water partition coefficient (Wildman–Crippen LogP) is 3.69. The lowest BCUT2D eigenvalue weighted by atomic mass is 9.71. The van der Waals surface area contributed by atoms with E-state index in [1.807, 2.05) is 65.6 Å². The van der Waals surface area contributed by atoms with E-state index >= 15 is 0 Å². The van der Waals surface area contributed by atoms with E-state index < -0.39 is 5.60 Å². The molecule has 2 aliphatic rings. The molecule has 4 nitrogen and oxygen atoms in total. The molecule has 2 N–H and O–H groups in total. The Morgan fingerprint density at radius 1 is 1.00 bits per heavy atom. The number of fused-ring (bicyclic) bond motifs is 1. The Balaban J connectivity index is 1.59. The third-order valence-corrected chi connectivity index (χ3v) is 5.92. The Morgan fingerprint density at radius 3 is 2.42 bits per heavy atom. The third kappa shape index (κ3) is 3.10. The zero-order chi connectivity index (χ0) is 18.0. The highest BCUT2D eigenvalue weighted by atomic mass is 16.3. The fraction of sp³-hybridized carbons (Fsp3) is 0.409. The minimum absolute atomic E-state index is 0.0324. The largest absolute Gasteiger partial charge is 0.386 e. The number of carbonyl (C=O) groups excluding carboxylic acids is 1. The van der Waals surface area contributed by atoms with Crippen LogP contribution in [-0.2, 0) is 0 Å². The summed E-state index contributed by atoms with van der Waals surface area (Å²) in [5.74, 6) is 0.0362. The van der Waals surface area contributed by atoms with Crippen molar-refractivity contribution in [2.75, 3.05) is 11.9 Å². The standard InChI is InChI=1S/C22H26N2O2/c25-21(17-9-3-1-4-10-17)24-16-14-19(23-18-11-5-2-6-12-18)22(26)15-8-7-13-20(22)24/h1-6,9-12,19-20,23,26H,7-8,13-16H2/t19?,20-,22+/m0/s1. The van der Waals surface area contributed by atoms with Crippen molar-refractivity contribution in [2.45, 2.75) is 49.8 Å². The number of rotatable bonds is 3. The highest BCUT2D eigenvalue weighted by Crippen LogP contribution is 2.40. The molecule has 0 spiro atoms. The smallest absolute Gasteiger partial charge is 0.254 e. The molecule has 26 heavy (non-hydrogen) atoms. The Kier molecular flexibility index (Phi) is 4.68. The average Bonchev–Trinajstić information content (AvgIpc) is 2.69. The van der Waals surface area contributed by atoms with Gasteiger partial charge in [0.05, 0.1) is 12.1 Å². The van der Waals surface area contributed by atoms with Gasteiger partial charge in [0.25, 0.3) is 5.91 Å². The number of nitrogens with one attached hydrogen (secondary N) is 1.